The van der Waals surface area contributed by atoms with Crippen molar-refractivity contribution in [2.24, 2.45) is 0 Å². The molecule has 0 radical (unpaired) electrons. The van der Waals surface area contributed by atoms with Gasteiger partial charge in [-0.05, 0) is 0 Å². The fraction of sp³-hybridized carbons (Fsp3) is 0. The smallest absolute Gasteiger partial charge is 0.0959 e. The van der Waals surface area contributed by atoms with Gasteiger partial charge in [0, 0.05) is 0 Å². The number of hydrogen-bond acceptors (Lipinski definition) is 20. The molecule has 6 rings (SSSR count). The molecule has 6 saturated heterocycles. The van der Waals surface area contributed by atoms with Crippen molar-refractivity contribution in [2.75, 3.05) is 0 Å². The Morgan fingerprint density at radius 1 is 0.200 bits per heavy atom. The Labute approximate surface area is 104 Å². The van der Waals surface area contributed by atoms with Gasteiger partial charge in [-0.2, -0.15) is 0 Å². The van der Waals surface area contributed by atoms with Crippen LogP contribution < -0.4 is 0 Å². The van der Waals surface area contributed by atoms with E-state index in [2.05, 4.69) is 0 Å². The second-order valence-corrected chi connectivity index (χ2v) is 2.77. The molecule has 20 nitrogen and oxygen atoms in total. The van der Waals surface area contributed by atoms with Crippen LogP contribution in [0.2, 0.25) is 0 Å². The van der Waals surface area contributed by atoms with Gasteiger partial charge >= 0.3 is 0 Å². The van der Waals surface area contributed by atoms with E-state index in [1.807, 2.05) is 0 Å². The van der Waals surface area contributed by atoms with Crippen LogP contribution in [0.4, 0.5) is 0 Å². The van der Waals surface area contributed by atoms with Gasteiger partial charge in [0.05, 0.1) is 0 Å². The highest BCUT2D eigenvalue weighted by molar-refractivity contribution is 3.96. The summed E-state index contributed by atoms with van der Waals surface area (Å²) in [5, 5.41) is 1.50. The van der Waals surface area contributed by atoms with Crippen LogP contribution >= 0.6 is 0 Å². The minimum absolute atomic E-state index is 0.187. The summed E-state index contributed by atoms with van der Waals surface area (Å²) in [5.41, 5.74) is 0. The first kappa shape index (κ1) is 11.8. The second-order valence-electron chi connectivity index (χ2n) is 2.77. The van der Waals surface area contributed by atoms with E-state index >= 15 is 0 Å². The largest absolute Gasteiger partial charge is 0.144 e. The van der Waals surface area contributed by atoms with Crippen molar-refractivity contribution >= 4 is 0 Å². The first-order valence-corrected chi connectivity index (χ1v) is 4.38. The summed E-state index contributed by atoms with van der Waals surface area (Å²) in [6.45, 7) is 0. The van der Waals surface area contributed by atoms with Crippen molar-refractivity contribution in [1.29, 1.82) is 0 Å². The third-order valence-electron chi connectivity index (χ3n) is 1.60. The molecule has 20 heteroatoms. The van der Waals surface area contributed by atoms with Gasteiger partial charge in [0.15, 0.2) is 0 Å². The Balaban J connectivity index is 1.57. The molecule has 0 spiro atoms. The lowest BCUT2D eigenvalue weighted by Gasteiger charge is -2.43. The first-order valence-electron chi connectivity index (χ1n) is 4.38. The van der Waals surface area contributed by atoms with E-state index in [1.54, 1.807) is 0 Å². The van der Waals surface area contributed by atoms with Crippen LogP contribution in [0.1, 0.15) is 0 Å². The summed E-state index contributed by atoms with van der Waals surface area (Å²) in [6, 6.07) is 0. The summed E-state index contributed by atoms with van der Waals surface area (Å²) >= 11 is 0. The molecular weight excluding hydrogens is 304 g/mol. The maximum Gasteiger partial charge on any atom is 0.144 e. The van der Waals surface area contributed by atoms with E-state index in [4.69, 9.17) is 59.3 Å². The van der Waals surface area contributed by atoms with Crippen LogP contribution in [0, 0.1) is 0 Å². The zero-order valence-corrected chi connectivity index (χ0v) is 8.48. The van der Waals surface area contributed by atoms with Crippen LogP contribution in [0.3, 0.4) is 0 Å². The lowest BCUT2D eigenvalue weighted by Crippen LogP contribution is -2.64. The molecule has 0 aliphatic carbocycles. The van der Waals surface area contributed by atoms with Crippen molar-refractivity contribution in [3.05, 3.63) is 0 Å². The van der Waals surface area contributed by atoms with Crippen LogP contribution in [-0.2, 0) is 59.3 Å². The Bertz CT molecular complexity index is 239. The highest BCUT2D eigenvalue weighted by Crippen LogP contribution is 2.28. The molecule has 20 heavy (non-hydrogen) atoms. The van der Waals surface area contributed by atoms with Gasteiger partial charge in [-0.15, -0.1) is 0 Å². The minimum Gasteiger partial charge on any atom is -0.0959 e. The monoisotopic (exact) mass is 304 g/mol. The Hall–Kier alpha value is -0.800. The minimum atomic E-state index is 0.187. The molecule has 0 aromatic rings. The van der Waals surface area contributed by atoms with E-state index in [1.165, 1.54) is 0 Å². The normalized spacial score (nSPS) is 57.6. The zero-order chi connectivity index (χ0) is 13.1. The van der Waals surface area contributed by atoms with E-state index in [0.717, 1.165) is 0 Å². The van der Waals surface area contributed by atoms with Crippen molar-refractivity contribution in [1.82, 2.24) is 43.1 Å². The molecule has 0 aromatic heterocycles. The van der Waals surface area contributed by atoms with Gasteiger partial charge in [-0.25, -0.2) is 0 Å². The molecule has 0 aromatic carbocycles. The predicted molar refractivity (Wildman–Crippen MR) is 27.7 cm³/mol. The van der Waals surface area contributed by atoms with Crippen molar-refractivity contribution in [2.45, 2.75) is 0 Å². The fourth-order valence-corrected chi connectivity index (χ4v) is 1.01. The van der Waals surface area contributed by atoms with Gasteiger partial charge in [-0.1, -0.05) is 59.3 Å². The maximum atomic E-state index is 4.71. The predicted octanol–water partition coefficient (Wildman–Crippen LogP) is -3.37. The van der Waals surface area contributed by atoms with Crippen LogP contribution in [0.25, 0.3) is 0 Å². The zero-order valence-electron chi connectivity index (χ0n) is 8.48. The molecule has 112 valence electrons. The Morgan fingerprint density at radius 3 is 0.400 bits per heavy atom. The second kappa shape index (κ2) is 4.35. The Kier molecular flexibility index (Phi) is 2.57. The van der Waals surface area contributed by atoms with Crippen molar-refractivity contribution in [3.63, 3.8) is 0 Å². The molecule has 8 bridgehead atoms. The fourth-order valence-electron chi connectivity index (χ4n) is 1.01. The molecular formula is N8O12. The van der Waals surface area contributed by atoms with E-state index < -0.39 is 0 Å². The quantitative estimate of drug-likeness (QED) is 0.439. The molecule has 0 saturated carbocycles. The third-order valence-corrected chi connectivity index (χ3v) is 1.60. The average molecular weight is 304 g/mol. The summed E-state index contributed by atoms with van der Waals surface area (Å²) in [6.07, 6.45) is 0. The topological polar surface area (TPSA) is 137 Å². The number of hydrogen-bond donors (Lipinski definition) is 0. The van der Waals surface area contributed by atoms with E-state index in [0.29, 0.717) is 0 Å². The molecule has 6 aliphatic rings. The van der Waals surface area contributed by atoms with Crippen LogP contribution in [-0.4, -0.2) is 43.1 Å². The van der Waals surface area contributed by atoms with Gasteiger partial charge in [0.25, 0.3) is 0 Å². The number of nitrogens with zero attached hydrogens (tertiary/aromatic N) is 8. The van der Waals surface area contributed by atoms with Crippen LogP contribution in [0.15, 0.2) is 0 Å². The van der Waals surface area contributed by atoms with Gasteiger partial charge in [0.2, 0.25) is 0 Å². The summed E-state index contributed by atoms with van der Waals surface area (Å²) in [7, 11) is 0. The van der Waals surface area contributed by atoms with E-state index in [-0.39, 0.29) is 43.1 Å². The summed E-state index contributed by atoms with van der Waals surface area (Å²) in [4.78, 5) is 56.5. The van der Waals surface area contributed by atoms with Gasteiger partial charge < -0.3 is 0 Å². The lowest BCUT2D eigenvalue weighted by molar-refractivity contribution is -1.01. The molecule has 0 N–H and O–H groups in total. The molecule has 6 fully saturated rings. The van der Waals surface area contributed by atoms with Crippen molar-refractivity contribution < 1.29 is 59.3 Å². The molecule has 0 amide bonds. The molecule has 0 unspecified atom stereocenters. The summed E-state index contributed by atoms with van der Waals surface area (Å²) in [5.74, 6) is 0. The van der Waals surface area contributed by atoms with Crippen LogP contribution in [0.5, 0.6) is 0 Å². The van der Waals surface area contributed by atoms with Crippen molar-refractivity contribution in [3.8, 4) is 0 Å². The molecule has 6 aliphatic heterocycles. The Morgan fingerprint density at radius 2 is 0.300 bits per heavy atom. The van der Waals surface area contributed by atoms with E-state index in [9.17, 15) is 0 Å². The maximum absolute atomic E-state index is 4.71. The highest BCUT2D eigenvalue weighted by Gasteiger charge is 2.49. The standard InChI is InChI=1S/N8O12/c9-1-10-3-14-5-12-2(9)13-6-15-4(11-1)17-7(16-3)20-8(18-5)19-6. The van der Waals surface area contributed by atoms with Gasteiger partial charge in [0.1, 0.15) is 43.1 Å². The molecule has 0 atom stereocenters. The summed E-state index contributed by atoms with van der Waals surface area (Å²) < 4.78 is 0. The third kappa shape index (κ3) is 2.03. The molecule has 6 heterocycles. The first-order chi connectivity index (χ1) is 9.80. The lowest BCUT2D eigenvalue weighted by atomic mass is 12.4. The average Bonchev–Trinajstić information content (AvgIpc) is 2.18. The highest BCUT2D eigenvalue weighted by atomic mass is 17.7. The van der Waals surface area contributed by atoms with Gasteiger partial charge in [-0.3, -0.25) is 0 Å². The SMILES string of the molecule is O1N2ON3ON4ON1ON1ON(O2)ON(O3)ON(O4)O1. The number of rotatable bonds is 0.